The van der Waals surface area contributed by atoms with Crippen molar-refractivity contribution in [2.45, 2.75) is 77.7 Å². The van der Waals surface area contributed by atoms with Gasteiger partial charge in [-0.3, -0.25) is 9.59 Å². The van der Waals surface area contributed by atoms with Gasteiger partial charge in [-0.05, 0) is 6.42 Å². The fourth-order valence-electron chi connectivity index (χ4n) is 2.79. The molecule has 0 aromatic carbocycles. The number of nitrogens with zero attached hydrogens (tertiary/aromatic N) is 1. The van der Waals surface area contributed by atoms with E-state index in [1.807, 2.05) is 0 Å². The van der Waals surface area contributed by atoms with Gasteiger partial charge in [0.1, 0.15) is 0 Å². The van der Waals surface area contributed by atoms with Gasteiger partial charge in [0.05, 0.1) is 5.56 Å². The highest BCUT2D eigenvalue weighted by molar-refractivity contribution is 5.92. The second kappa shape index (κ2) is 13.4. The molecule has 0 radical (unpaired) electrons. The minimum atomic E-state index is -0.461. The maximum absolute atomic E-state index is 11.9. The molecule has 1 rings (SSSR count). The van der Waals surface area contributed by atoms with Crippen LogP contribution in [0, 0.1) is 0 Å². The van der Waals surface area contributed by atoms with E-state index in [2.05, 4.69) is 12.2 Å². The van der Waals surface area contributed by atoms with Gasteiger partial charge in [0, 0.05) is 18.7 Å². The van der Waals surface area contributed by atoms with Crippen molar-refractivity contribution in [3.8, 4) is 0 Å². The van der Waals surface area contributed by atoms with Gasteiger partial charge >= 0.3 is 0 Å². The Kier molecular flexibility index (Phi) is 11.3. The van der Waals surface area contributed by atoms with Gasteiger partial charge in [0.15, 0.2) is 12.4 Å². The van der Waals surface area contributed by atoms with Crippen molar-refractivity contribution in [3.63, 3.8) is 0 Å². The van der Waals surface area contributed by atoms with E-state index in [1.54, 1.807) is 29.1 Å². The SMILES string of the molecule is CCCCCCCCCCCCNC(=O)C[n+]1ccc(C(N)=O)cc1. The highest BCUT2D eigenvalue weighted by Gasteiger charge is 2.09. The van der Waals surface area contributed by atoms with Gasteiger partial charge in [0.25, 0.3) is 5.91 Å². The third-order valence-electron chi connectivity index (χ3n) is 4.35. The van der Waals surface area contributed by atoms with E-state index in [-0.39, 0.29) is 12.5 Å². The summed E-state index contributed by atoms with van der Waals surface area (Å²) in [4.78, 5) is 22.9. The molecule has 0 saturated carbocycles. The second-order valence-corrected chi connectivity index (χ2v) is 6.66. The summed E-state index contributed by atoms with van der Waals surface area (Å²) in [5.74, 6) is -0.467. The second-order valence-electron chi connectivity index (χ2n) is 6.66. The number of primary amides is 1. The van der Waals surface area contributed by atoms with Gasteiger partial charge < -0.3 is 11.1 Å². The van der Waals surface area contributed by atoms with Crippen LogP contribution in [0.3, 0.4) is 0 Å². The monoisotopic (exact) mass is 348 g/mol. The van der Waals surface area contributed by atoms with Crippen LogP contribution in [0.15, 0.2) is 24.5 Å². The Morgan fingerprint density at radius 1 is 0.920 bits per heavy atom. The zero-order valence-corrected chi connectivity index (χ0v) is 15.6. The molecule has 0 aliphatic heterocycles. The van der Waals surface area contributed by atoms with Crippen LogP contribution >= 0.6 is 0 Å². The first-order valence-electron chi connectivity index (χ1n) is 9.69. The van der Waals surface area contributed by atoms with Gasteiger partial charge in [-0.1, -0.05) is 64.7 Å². The van der Waals surface area contributed by atoms with Gasteiger partial charge in [-0.2, -0.15) is 4.57 Å². The van der Waals surface area contributed by atoms with E-state index >= 15 is 0 Å². The van der Waals surface area contributed by atoms with E-state index in [9.17, 15) is 9.59 Å². The molecule has 1 aromatic heterocycles. The van der Waals surface area contributed by atoms with E-state index in [0.717, 1.165) is 13.0 Å². The van der Waals surface area contributed by atoms with Gasteiger partial charge in [-0.25, -0.2) is 0 Å². The molecule has 1 heterocycles. The van der Waals surface area contributed by atoms with E-state index < -0.39 is 5.91 Å². The first-order chi connectivity index (χ1) is 12.1. The summed E-state index contributed by atoms with van der Waals surface area (Å²) in [6.07, 6.45) is 16.3. The number of nitrogens with one attached hydrogen (secondary N) is 1. The normalized spacial score (nSPS) is 10.6. The number of carbonyl (C=O) groups excluding carboxylic acids is 2. The highest BCUT2D eigenvalue weighted by Crippen LogP contribution is 2.10. The van der Waals surface area contributed by atoms with Crippen molar-refractivity contribution in [2.24, 2.45) is 5.73 Å². The van der Waals surface area contributed by atoms with Crippen LogP contribution in [0.2, 0.25) is 0 Å². The first kappa shape index (κ1) is 21.1. The maximum atomic E-state index is 11.9. The third kappa shape index (κ3) is 10.5. The first-order valence-corrected chi connectivity index (χ1v) is 9.69. The summed E-state index contributed by atoms with van der Waals surface area (Å²) in [5, 5.41) is 2.94. The number of amides is 2. The molecule has 3 N–H and O–H groups in total. The summed E-state index contributed by atoms with van der Waals surface area (Å²) in [6.45, 7) is 3.24. The van der Waals surface area contributed by atoms with Crippen molar-refractivity contribution in [1.82, 2.24) is 5.32 Å². The number of aromatic nitrogens is 1. The fraction of sp³-hybridized carbons (Fsp3) is 0.650. The molecule has 1 aromatic rings. The van der Waals surface area contributed by atoms with Crippen LogP contribution in [0.1, 0.15) is 81.5 Å². The molecule has 5 nitrogen and oxygen atoms in total. The van der Waals surface area contributed by atoms with Crippen LogP contribution in [0.5, 0.6) is 0 Å². The zero-order chi connectivity index (χ0) is 18.3. The summed E-state index contributed by atoms with van der Waals surface area (Å²) in [5.41, 5.74) is 5.64. The average Bonchev–Trinajstić information content (AvgIpc) is 2.60. The van der Waals surface area contributed by atoms with Crippen LogP contribution in [0.4, 0.5) is 0 Å². The lowest BCUT2D eigenvalue weighted by Crippen LogP contribution is -2.42. The number of carbonyl (C=O) groups is 2. The quantitative estimate of drug-likeness (QED) is 0.400. The van der Waals surface area contributed by atoms with Crippen LogP contribution < -0.4 is 15.6 Å². The number of hydrogen-bond acceptors (Lipinski definition) is 2. The third-order valence-corrected chi connectivity index (χ3v) is 4.35. The number of nitrogens with two attached hydrogens (primary N) is 1. The Hall–Kier alpha value is -1.91. The summed E-state index contributed by atoms with van der Waals surface area (Å²) >= 11 is 0. The Balaban J connectivity index is 1.99. The molecule has 25 heavy (non-hydrogen) atoms. The predicted octanol–water partition coefficient (Wildman–Crippen LogP) is 3.11. The Bertz CT molecular complexity index is 500. The maximum Gasteiger partial charge on any atom is 0.285 e. The summed E-state index contributed by atoms with van der Waals surface area (Å²) in [6, 6.07) is 3.25. The number of pyridine rings is 1. The van der Waals surface area contributed by atoms with Gasteiger partial charge in [-0.15, -0.1) is 0 Å². The topological polar surface area (TPSA) is 76.1 Å². The van der Waals surface area contributed by atoms with Crippen LogP contribution in [-0.2, 0) is 11.3 Å². The molecular weight excluding hydrogens is 314 g/mol. The molecule has 0 fully saturated rings. The zero-order valence-electron chi connectivity index (χ0n) is 15.6. The molecule has 0 aliphatic carbocycles. The standard InChI is InChI=1S/C20H33N3O2/c1-2-3-4-5-6-7-8-9-10-11-14-22-19(24)17-23-15-12-18(13-16-23)20(21)25/h12-13,15-16H,2-11,14,17H2,1H3,(H2-,21,22,24,25)/p+1. The lowest BCUT2D eigenvalue weighted by molar-refractivity contribution is -0.684. The number of unbranched alkanes of at least 4 members (excludes halogenated alkanes) is 9. The Morgan fingerprint density at radius 3 is 1.96 bits per heavy atom. The molecule has 0 saturated heterocycles. The van der Waals surface area contributed by atoms with Gasteiger partial charge in [0.2, 0.25) is 12.5 Å². The molecule has 0 aliphatic rings. The van der Waals surface area contributed by atoms with Crippen molar-refractivity contribution < 1.29 is 14.2 Å². The summed E-state index contributed by atoms with van der Waals surface area (Å²) < 4.78 is 1.74. The van der Waals surface area contributed by atoms with Crippen molar-refractivity contribution in [3.05, 3.63) is 30.1 Å². The van der Waals surface area contributed by atoms with E-state index in [0.29, 0.717) is 5.56 Å². The highest BCUT2D eigenvalue weighted by atomic mass is 16.2. The molecular formula is C20H34N3O2+. The van der Waals surface area contributed by atoms with Crippen molar-refractivity contribution >= 4 is 11.8 Å². The predicted molar refractivity (Wildman–Crippen MR) is 100 cm³/mol. The molecule has 0 spiro atoms. The minimum Gasteiger partial charge on any atom is -0.366 e. The fourth-order valence-corrected chi connectivity index (χ4v) is 2.79. The summed E-state index contributed by atoms with van der Waals surface area (Å²) in [7, 11) is 0. The molecule has 5 heteroatoms. The van der Waals surface area contributed by atoms with E-state index in [1.165, 1.54) is 57.8 Å². The average molecular weight is 349 g/mol. The largest absolute Gasteiger partial charge is 0.366 e. The van der Waals surface area contributed by atoms with Crippen LogP contribution in [-0.4, -0.2) is 18.4 Å². The Labute approximate surface area is 152 Å². The number of hydrogen-bond donors (Lipinski definition) is 2. The molecule has 0 unspecified atom stereocenters. The van der Waals surface area contributed by atoms with E-state index in [4.69, 9.17) is 5.73 Å². The lowest BCUT2D eigenvalue weighted by atomic mass is 10.1. The molecule has 2 amide bonds. The lowest BCUT2D eigenvalue weighted by Gasteiger charge is -2.04. The van der Waals surface area contributed by atoms with Crippen molar-refractivity contribution in [2.75, 3.05) is 6.54 Å². The smallest absolute Gasteiger partial charge is 0.285 e. The molecule has 0 bridgehead atoms. The van der Waals surface area contributed by atoms with Crippen LogP contribution in [0.25, 0.3) is 0 Å². The number of rotatable bonds is 14. The molecule has 0 atom stereocenters. The minimum absolute atomic E-state index is 0.00671. The van der Waals surface area contributed by atoms with Crippen molar-refractivity contribution in [1.29, 1.82) is 0 Å². The molecule has 140 valence electrons. The Morgan fingerprint density at radius 2 is 1.44 bits per heavy atom.